The van der Waals surface area contributed by atoms with Crippen molar-refractivity contribution in [3.8, 4) is 0 Å². The number of fused-ring (bicyclic) bond motifs is 4. The molecule has 160 valence electrons. The van der Waals surface area contributed by atoms with Crippen LogP contribution in [0.2, 0.25) is 0 Å². The van der Waals surface area contributed by atoms with E-state index < -0.39 is 0 Å². The first-order valence-corrected chi connectivity index (χ1v) is 11.9. The van der Waals surface area contributed by atoms with E-state index in [1.165, 1.54) is 35.1 Å². The third kappa shape index (κ3) is 3.70. The van der Waals surface area contributed by atoms with Gasteiger partial charge in [-0.1, -0.05) is 30.3 Å². The number of esters is 1. The molecule has 1 aliphatic rings. The molecule has 0 unspecified atom stereocenters. The van der Waals surface area contributed by atoms with Crippen LogP contribution in [0.15, 0.2) is 29.4 Å². The normalized spacial score (nSPS) is 13.8. The van der Waals surface area contributed by atoms with Crippen molar-refractivity contribution in [3.05, 3.63) is 40.3 Å². The van der Waals surface area contributed by atoms with Gasteiger partial charge in [0.2, 0.25) is 11.7 Å². The molecule has 1 aliphatic carbocycles. The molecule has 0 spiro atoms. The highest BCUT2D eigenvalue weighted by molar-refractivity contribution is 7.99. The molecule has 0 atom stereocenters. The Balaban J connectivity index is 1.36. The van der Waals surface area contributed by atoms with E-state index in [4.69, 9.17) is 4.74 Å². The maximum atomic E-state index is 12.7. The van der Waals surface area contributed by atoms with Gasteiger partial charge in [-0.25, -0.2) is 14.9 Å². The number of thioether (sulfide) groups is 1. The molecule has 0 saturated heterocycles. The minimum absolute atomic E-state index is 0.162. The van der Waals surface area contributed by atoms with Gasteiger partial charge >= 0.3 is 5.97 Å². The molecule has 0 aliphatic heterocycles. The average Bonchev–Trinajstić information content (AvgIpc) is 3.38. The smallest absolute Gasteiger partial charge is 0.341 e. The number of ether oxygens (including phenoxy) is 1. The molecule has 0 saturated carbocycles. The fourth-order valence-corrected chi connectivity index (χ4v) is 6.03. The highest BCUT2D eigenvalue weighted by atomic mass is 32.2. The predicted molar refractivity (Wildman–Crippen MR) is 121 cm³/mol. The van der Waals surface area contributed by atoms with Crippen LogP contribution in [-0.4, -0.2) is 44.3 Å². The molecular weight excluding hydrogens is 434 g/mol. The number of nitrogens with one attached hydrogen (secondary N) is 2. The van der Waals surface area contributed by atoms with Crippen LogP contribution < -0.4 is 5.32 Å². The number of thiophene rings is 1. The zero-order valence-electron chi connectivity index (χ0n) is 16.9. The SMILES string of the molecule is COC(=O)c1c(NC(=O)CSc2n[nH]c3nc4ccccc4n23)sc2c1CCCCC2. The van der Waals surface area contributed by atoms with Gasteiger partial charge in [-0.05, 0) is 43.4 Å². The summed E-state index contributed by atoms with van der Waals surface area (Å²) in [6.07, 6.45) is 5.09. The van der Waals surface area contributed by atoms with Gasteiger partial charge in [0.25, 0.3) is 0 Å². The summed E-state index contributed by atoms with van der Waals surface area (Å²) in [5.74, 6) is 0.225. The van der Waals surface area contributed by atoms with Gasteiger partial charge in [-0.3, -0.25) is 9.20 Å². The largest absolute Gasteiger partial charge is 0.465 e. The van der Waals surface area contributed by atoms with Crippen molar-refractivity contribution in [2.75, 3.05) is 18.2 Å². The lowest BCUT2D eigenvalue weighted by Gasteiger charge is -2.07. The van der Waals surface area contributed by atoms with E-state index in [0.29, 0.717) is 21.5 Å². The second-order valence-electron chi connectivity index (χ2n) is 7.36. The first-order valence-electron chi connectivity index (χ1n) is 10.1. The fraction of sp³-hybridized carbons (Fsp3) is 0.333. The Morgan fingerprint density at radius 1 is 1.26 bits per heavy atom. The average molecular weight is 456 g/mol. The van der Waals surface area contributed by atoms with Crippen molar-refractivity contribution in [2.45, 2.75) is 37.3 Å². The van der Waals surface area contributed by atoms with E-state index in [0.717, 1.165) is 48.7 Å². The summed E-state index contributed by atoms with van der Waals surface area (Å²) < 4.78 is 6.91. The summed E-state index contributed by atoms with van der Waals surface area (Å²) >= 11 is 2.82. The molecule has 8 nitrogen and oxygen atoms in total. The van der Waals surface area contributed by atoms with Crippen LogP contribution in [0.3, 0.4) is 0 Å². The Morgan fingerprint density at radius 3 is 2.97 bits per heavy atom. The molecular formula is C21H21N5O3S2. The van der Waals surface area contributed by atoms with E-state index in [-0.39, 0.29) is 17.6 Å². The molecule has 0 fully saturated rings. The minimum Gasteiger partial charge on any atom is -0.465 e. The number of aryl methyl sites for hydroxylation is 1. The second-order valence-corrected chi connectivity index (χ2v) is 9.41. The maximum absolute atomic E-state index is 12.7. The van der Waals surface area contributed by atoms with Gasteiger partial charge in [0.05, 0.1) is 29.5 Å². The summed E-state index contributed by atoms with van der Waals surface area (Å²) in [6, 6.07) is 7.78. The summed E-state index contributed by atoms with van der Waals surface area (Å²) in [4.78, 5) is 30.9. The van der Waals surface area contributed by atoms with Crippen LogP contribution in [0.4, 0.5) is 5.00 Å². The second kappa shape index (κ2) is 8.35. The number of para-hydroxylation sites is 2. The molecule has 1 amide bonds. The molecule has 10 heteroatoms. The molecule has 31 heavy (non-hydrogen) atoms. The number of methoxy groups -OCH3 is 1. The van der Waals surface area contributed by atoms with Crippen molar-refractivity contribution >= 4 is 56.8 Å². The molecule has 5 rings (SSSR count). The standard InChI is InChI=1S/C21H21N5O3S2/c1-29-19(28)17-12-7-3-2-4-10-15(12)31-18(17)23-16(27)11-30-21-25-24-20-22-13-8-5-6-9-14(13)26(20)21/h5-6,8-9H,2-4,7,10-11H2,1H3,(H,22,24)(H,23,27). The van der Waals surface area contributed by atoms with Crippen molar-refractivity contribution in [3.63, 3.8) is 0 Å². The topological polar surface area (TPSA) is 101 Å². The number of amides is 1. The third-order valence-electron chi connectivity index (χ3n) is 5.40. The third-order valence-corrected chi connectivity index (χ3v) is 7.55. The summed E-state index contributed by atoms with van der Waals surface area (Å²) in [5.41, 5.74) is 3.36. The van der Waals surface area contributed by atoms with Crippen molar-refractivity contribution in [2.24, 2.45) is 0 Å². The fourth-order valence-electron chi connectivity index (χ4n) is 3.98. The number of rotatable bonds is 5. The number of aromatic amines is 1. The van der Waals surface area contributed by atoms with Crippen LogP contribution in [0.5, 0.6) is 0 Å². The van der Waals surface area contributed by atoms with Crippen LogP contribution in [0.1, 0.15) is 40.1 Å². The number of imidazole rings is 1. The number of carbonyl (C=O) groups is 2. The van der Waals surface area contributed by atoms with E-state index >= 15 is 0 Å². The van der Waals surface area contributed by atoms with Crippen LogP contribution >= 0.6 is 23.1 Å². The number of anilines is 1. The lowest BCUT2D eigenvalue weighted by molar-refractivity contribution is -0.113. The Hall–Kier alpha value is -2.85. The highest BCUT2D eigenvalue weighted by Gasteiger charge is 2.26. The number of hydrogen-bond acceptors (Lipinski definition) is 7. The number of aromatic nitrogens is 4. The first kappa shape index (κ1) is 20.1. The number of benzene rings is 1. The summed E-state index contributed by atoms with van der Waals surface area (Å²) in [5, 5.41) is 11.4. The maximum Gasteiger partial charge on any atom is 0.341 e. The lowest BCUT2D eigenvalue weighted by Crippen LogP contribution is -2.16. The number of H-pyrrole nitrogens is 1. The van der Waals surface area contributed by atoms with Gasteiger partial charge < -0.3 is 10.1 Å². The summed E-state index contributed by atoms with van der Waals surface area (Å²) in [6.45, 7) is 0. The summed E-state index contributed by atoms with van der Waals surface area (Å²) in [7, 11) is 1.38. The Kier molecular flexibility index (Phi) is 5.41. The van der Waals surface area contributed by atoms with Gasteiger partial charge in [0.15, 0.2) is 5.16 Å². The van der Waals surface area contributed by atoms with Crippen molar-refractivity contribution in [1.82, 2.24) is 19.6 Å². The zero-order valence-corrected chi connectivity index (χ0v) is 18.6. The van der Waals surface area contributed by atoms with Crippen LogP contribution in [0.25, 0.3) is 16.8 Å². The lowest BCUT2D eigenvalue weighted by atomic mass is 10.1. The molecule has 1 aromatic carbocycles. The molecule has 3 heterocycles. The molecule has 0 radical (unpaired) electrons. The molecule has 0 bridgehead atoms. The van der Waals surface area contributed by atoms with Crippen molar-refractivity contribution in [1.29, 1.82) is 0 Å². The van der Waals surface area contributed by atoms with Crippen molar-refractivity contribution < 1.29 is 14.3 Å². The molecule has 4 aromatic rings. The molecule has 3 aromatic heterocycles. The molecule has 2 N–H and O–H groups in total. The van der Waals surface area contributed by atoms with E-state index in [9.17, 15) is 9.59 Å². The Bertz CT molecular complexity index is 1290. The van der Waals surface area contributed by atoms with E-state index in [2.05, 4.69) is 20.5 Å². The van der Waals surface area contributed by atoms with Gasteiger partial charge in [-0.2, -0.15) is 0 Å². The predicted octanol–water partition coefficient (Wildman–Crippen LogP) is 4.06. The van der Waals surface area contributed by atoms with Gasteiger partial charge in [0.1, 0.15) is 5.00 Å². The number of nitrogens with zero attached hydrogens (tertiary/aromatic N) is 3. The number of hydrogen-bond donors (Lipinski definition) is 2. The van der Waals surface area contributed by atoms with E-state index in [1.807, 2.05) is 28.7 Å². The quantitative estimate of drug-likeness (QED) is 0.267. The zero-order chi connectivity index (χ0) is 21.4. The first-order chi connectivity index (χ1) is 15.2. The minimum atomic E-state index is -0.388. The van der Waals surface area contributed by atoms with Gasteiger partial charge in [0, 0.05) is 4.88 Å². The van der Waals surface area contributed by atoms with Gasteiger partial charge in [-0.15, -0.1) is 16.4 Å². The monoisotopic (exact) mass is 455 g/mol. The van der Waals surface area contributed by atoms with Crippen LogP contribution in [-0.2, 0) is 22.4 Å². The Morgan fingerprint density at radius 2 is 2.10 bits per heavy atom. The Labute approximate surface area is 186 Å². The van der Waals surface area contributed by atoms with Crippen LogP contribution in [0, 0.1) is 0 Å². The van der Waals surface area contributed by atoms with E-state index in [1.54, 1.807) is 0 Å². The highest BCUT2D eigenvalue weighted by Crippen LogP contribution is 2.38. The number of carbonyl (C=O) groups excluding carboxylic acids is 2.